The second kappa shape index (κ2) is 10.8. The van der Waals surface area contributed by atoms with Crippen molar-refractivity contribution in [2.45, 2.75) is 19.6 Å². The molecule has 1 heterocycles. The van der Waals surface area contributed by atoms with Crippen molar-refractivity contribution in [2.24, 2.45) is 4.99 Å². The van der Waals surface area contributed by atoms with Crippen molar-refractivity contribution in [3.8, 4) is 5.75 Å². The van der Waals surface area contributed by atoms with Crippen molar-refractivity contribution in [3.63, 3.8) is 0 Å². The fraction of sp³-hybridized carbons (Fsp3) is 0.375. The van der Waals surface area contributed by atoms with Crippen molar-refractivity contribution >= 4 is 29.9 Å². The van der Waals surface area contributed by atoms with Gasteiger partial charge in [0.05, 0.1) is 13.1 Å². The Morgan fingerprint density at radius 1 is 1.33 bits per heavy atom. The quantitative estimate of drug-likeness (QED) is 0.389. The number of hydrogen-bond donors (Lipinski definition) is 2. The van der Waals surface area contributed by atoms with Gasteiger partial charge < -0.3 is 15.4 Å². The van der Waals surface area contributed by atoms with Crippen molar-refractivity contribution in [3.05, 3.63) is 48.5 Å². The van der Waals surface area contributed by atoms with Crippen LogP contribution >= 0.6 is 24.0 Å². The number of para-hydroxylation sites is 1. The lowest BCUT2D eigenvalue weighted by molar-refractivity contribution is 0.214. The minimum Gasteiger partial charge on any atom is -0.486 e. The van der Waals surface area contributed by atoms with Crippen molar-refractivity contribution < 1.29 is 9.13 Å². The molecule has 0 radical (unpaired) electrons. The summed E-state index contributed by atoms with van der Waals surface area (Å²) in [7, 11) is 1.70. The highest BCUT2D eigenvalue weighted by Crippen LogP contribution is 2.16. The van der Waals surface area contributed by atoms with Gasteiger partial charge in [0.25, 0.3) is 0 Å². The molecule has 0 amide bonds. The largest absolute Gasteiger partial charge is 0.486 e. The molecule has 1 unspecified atom stereocenters. The zero-order chi connectivity index (χ0) is 16.5. The number of guanidine groups is 1. The van der Waals surface area contributed by atoms with Crippen LogP contribution in [0.4, 0.5) is 4.39 Å². The third-order valence-corrected chi connectivity index (χ3v) is 3.14. The third kappa shape index (κ3) is 6.73. The summed E-state index contributed by atoms with van der Waals surface area (Å²) in [6, 6.07) is 8.26. The zero-order valence-electron chi connectivity index (χ0n) is 13.8. The van der Waals surface area contributed by atoms with Gasteiger partial charge in [0.1, 0.15) is 6.10 Å². The summed E-state index contributed by atoms with van der Waals surface area (Å²) in [5.41, 5.74) is 0. The summed E-state index contributed by atoms with van der Waals surface area (Å²) >= 11 is 0. The van der Waals surface area contributed by atoms with Crippen LogP contribution in [0.1, 0.15) is 6.92 Å². The van der Waals surface area contributed by atoms with Gasteiger partial charge in [-0.05, 0) is 25.1 Å². The maximum atomic E-state index is 13.5. The van der Waals surface area contributed by atoms with E-state index in [1.807, 2.05) is 23.9 Å². The molecule has 24 heavy (non-hydrogen) atoms. The maximum Gasteiger partial charge on any atom is 0.191 e. The van der Waals surface area contributed by atoms with Gasteiger partial charge in [-0.1, -0.05) is 12.1 Å². The van der Waals surface area contributed by atoms with Gasteiger partial charge in [-0.15, -0.1) is 24.0 Å². The Morgan fingerprint density at radius 2 is 2.12 bits per heavy atom. The van der Waals surface area contributed by atoms with E-state index in [4.69, 9.17) is 4.74 Å². The third-order valence-electron chi connectivity index (χ3n) is 3.14. The van der Waals surface area contributed by atoms with Crippen LogP contribution < -0.4 is 15.4 Å². The Morgan fingerprint density at radius 3 is 2.79 bits per heavy atom. The van der Waals surface area contributed by atoms with E-state index in [0.29, 0.717) is 19.0 Å². The lowest BCUT2D eigenvalue weighted by Gasteiger charge is -2.18. The summed E-state index contributed by atoms with van der Waals surface area (Å²) in [6.45, 7) is 3.82. The van der Waals surface area contributed by atoms with Crippen LogP contribution in [0.2, 0.25) is 0 Å². The summed E-state index contributed by atoms with van der Waals surface area (Å²) in [5.74, 6) is 0.561. The highest BCUT2D eigenvalue weighted by Gasteiger charge is 2.08. The van der Waals surface area contributed by atoms with Gasteiger partial charge in [0.2, 0.25) is 0 Å². The Balaban J connectivity index is 0.00000288. The van der Waals surface area contributed by atoms with Crippen LogP contribution in [-0.2, 0) is 6.54 Å². The molecule has 8 heteroatoms. The molecule has 0 saturated carbocycles. The molecule has 2 rings (SSSR count). The van der Waals surface area contributed by atoms with E-state index in [-0.39, 0.29) is 41.6 Å². The number of aromatic nitrogens is 2. The van der Waals surface area contributed by atoms with E-state index in [2.05, 4.69) is 20.7 Å². The topological polar surface area (TPSA) is 63.5 Å². The predicted molar refractivity (Wildman–Crippen MR) is 103 cm³/mol. The molecule has 2 aromatic rings. The first-order valence-corrected chi connectivity index (χ1v) is 7.52. The van der Waals surface area contributed by atoms with Gasteiger partial charge in [0, 0.05) is 26.0 Å². The van der Waals surface area contributed by atoms with E-state index >= 15 is 0 Å². The minimum atomic E-state index is -0.360. The Bertz CT molecular complexity index is 621. The number of nitrogens with zero attached hydrogens (tertiary/aromatic N) is 3. The fourth-order valence-corrected chi connectivity index (χ4v) is 1.98. The summed E-state index contributed by atoms with van der Waals surface area (Å²) in [5, 5.41) is 10.5. The number of rotatable bonds is 7. The molecule has 0 fully saturated rings. The average molecular weight is 447 g/mol. The van der Waals surface area contributed by atoms with Crippen molar-refractivity contribution in [1.29, 1.82) is 0 Å². The highest BCUT2D eigenvalue weighted by atomic mass is 127. The van der Waals surface area contributed by atoms with E-state index in [9.17, 15) is 4.39 Å². The molecule has 2 N–H and O–H groups in total. The fourth-order valence-electron chi connectivity index (χ4n) is 1.98. The highest BCUT2D eigenvalue weighted by molar-refractivity contribution is 14.0. The van der Waals surface area contributed by atoms with Gasteiger partial charge in [-0.25, -0.2) is 4.39 Å². The van der Waals surface area contributed by atoms with Crippen molar-refractivity contribution in [1.82, 2.24) is 20.4 Å². The average Bonchev–Trinajstić information content (AvgIpc) is 3.06. The monoisotopic (exact) mass is 447 g/mol. The molecule has 0 spiro atoms. The lowest BCUT2D eigenvalue weighted by Crippen LogP contribution is -2.42. The molecular formula is C16H23FIN5O. The van der Waals surface area contributed by atoms with Gasteiger partial charge in [-0.2, -0.15) is 5.10 Å². The molecule has 0 saturated heterocycles. The van der Waals surface area contributed by atoms with E-state index in [1.165, 1.54) is 6.07 Å². The first-order chi connectivity index (χ1) is 11.2. The molecule has 0 bridgehead atoms. The second-order valence-electron chi connectivity index (χ2n) is 5.01. The molecule has 0 aliphatic carbocycles. The molecule has 1 atom stereocenters. The molecule has 0 aliphatic heterocycles. The smallest absolute Gasteiger partial charge is 0.191 e. The van der Waals surface area contributed by atoms with E-state index < -0.39 is 0 Å². The number of ether oxygens (including phenoxy) is 1. The maximum absolute atomic E-state index is 13.5. The van der Waals surface area contributed by atoms with Gasteiger partial charge in [0.15, 0.2) is 17.5 Å². The van der Waals surface area contributed by atoms with Crippen LogP contribution in [0.15, 0.2) is 47.7 Å². The minimum absolute atomic E-state index is 0. The molecule has 1 aromatic carbocycles. The molecule has 1 aromatic heterocycles. The summed E-state index contributed by atoms with van der Waals surface area (Å²) in [4.78, 5) is 4.14. The SMILES string of the molecule is CN=C(NCCn1cccn1)NCC(C)Oc1ccccc1F.I. The van der Waals surface area contributed by atoms with Crippen LogP contribution in [0.3, 0.4) is 0 Å². The number of benzene rings is 1. The Kier molecular flexibility index (Phi) is 9.13. The normalized spacial score (nSPS) is 12.2. The summed E-state index contributed by atoms with van der Waals surface area (Å²) < 4.78 is 20.9. The number of halogens is 2. The Hall–Kier alpha value is -1.84. The van der Waals surface area contributed by atoms with Crippen LogP contribution in [0.5, 0.6) is 5.75 Å². The standard InChI is InChI=1S/C16H22FN5O.HI/c1-13(23-15-7-4-3-6-14(15)17)12-20-16(18-2)19-9-11-22-10-5-8-21-22;/h3-8,10,13H,9,11-12H2,1-2H3,(H2,18,19,20);1H. The van der Waals surface area contributed by atoms with Gasteiger partial charge in [-0.3, -0.25) is 9.67 Å². The second-order valence-corrected chi connectivity index (χ2v) is 5.01. The van der Waals surface area contributed by atoms with E-state index in [0.717, 1.165) is 6.54 Å². The van der Waals surface area contributed by atoms with Gasteiger partial charge >= 0.3 is 0 Å². The van der Waals surface area contributed by atoms with Crippen LogP contribution in [0.25, 0.3) is 0 Å². The van der Waals surface area contributed by atoms with Crippen LogP contribution in [0, 0.1) is 5.82 Å². The molecular weight excluding hydrogens is 424 g/mol. The van der Waals surface area contributed by atoms with E-state index in [1.54, 1.807) is 31.4 Å². The first kappa shape index (κ1) is 20.2. The first-order valence-electron chi connectivity index (χ1n) is 7.52. The number of aliphatic imine (C=N–C) groups is 1. The summed E-state index contributed by atoms with van der Waals surface area (Å²) in [6.07, 6.45) is 3.45. The van der Waals surface area contributed by atoms with Crippen LogP contribution in [-0.4, -0.2) is 42.0 Å². The number of hydrogen-bond acceptors (Lipinski definition) is 3. The zero-order valence-corrected chi connectivity index (χ0v) is 16.1. The number of nitrogens with one attached hydrogen (secondary N) is 2. The Labute approximate surface area is 158 Å². The van der Waals surface area contributed by atoms with Crippen molar-refractivity contribution in [2.75, 3.05) is 20.1 Å². The lowest BCUT2D eigenvalue weighted by atomic mass is 10.3. The molecule has 6 nitrogen and oxygen atoms in total. The molecule has 132 valence electrons. The molecule has 0 aliphatic rings. The predicted octanol–water partition coefficient (Wildman–Crippen LogP) is 2.27.